The van der Waals surface area contributed by atoms with E-state index in [-0.39, 0.29) is 6.61 Å². The van der Waals surface area contributed by atoms with Crippen molar-refractivity contribution in [2.45, 2.75) is 48.4 Å². The standard InChI is InChI=1S/C14H15N5OS/c15-8-11-7-10(9-20)5-6-13(11)21-14-16-17-18-19(14)12-3-1-2-4-12/h5-7,12,20H,1-4,9H2. The van der Waals surface area contributed by atoms with Crippen LogP contribution in [0.4, 0.5) is 0 Å². The molecule has 21 heavy (non-hydrogen) atoms. The summed E-state index contributed by atoms with van der Waals surface area (Å²) in [7, 11) is 0. The van der Waals surface area contributed by atoms with E-state index in [4.69, 9.17) is 5.11 Å². The first-order valence-corrected chi connectivity index (χ1v) is 7.73. The van der Waals surface area contributed by atoms with Crippen molar-refractivity contribution in [3.8, 4) is 6.07 Å². The van der Waals surface area contributed by atoms with E-state index in [0.717, 1.165) is 28.5 Å². The van der Waals surface area contributed by atoms with E-state index in [1.807, 2.05) is 16.8 Å². The fourth-order valence-corrected chi connectivity index (χ4v) is 3.48. The lowest BCUT2D eigenvalue weighted by Crippen LogP contribution is -2.08. The van der Waals surface area contributed by atoms with Gasteiger partial charge in [0.1, 0.15) is 6.07 Å². The molecule has 0 radical (unpaired) electrons. The van der Waals surface area contributed by atoms with Crippen LogP contribution in [0, 0.1) is 11.3 Å². The Morgan fingerprint density at radius 3 is 2.90 bits per heavy atom. The van der Waals surface area contributed by atoms with Crippen LogP contribution in [-0.2, 0) is 6.61 Å². The van der Waals surface area contributed by atoms with E-state index in [1.54, 1.807) is 6.07 Å². The number of nitriles is 1. The number of benzene rings is 1. The summed E-state index contributed by atoms with van der Waals surface area (Å²) < 4.78 is 1.87. The number of aromatic nitrogens is 4. The average Bonchev–Trinajstić information content (AvgIpc) is 3.18. The molecule has 0 unspecified atom stereocenters. The highest BCUT2D eigenvalue weighted by Gasteiger charge is 2.22. The van der Waals surface area contributed by atoms with Gasteiger partial charge in [0.05, 0.1) is 18.2 Å². The van der Waals surface area contributed by atoms with Gasteiger partial charge in [-0.15, -0.1) is 5.10 Å². The monoisotopic (exact) mass is 301 g/mol. The molecule has 1 aromatic heterocycles. The number of aliphatic hydroxyl groups is 1. The van der Waals surface area contributed by atoms with E-state index in [1.165, 1.54) is 24.6 Å². The molecule has 7 heteroatoms. The summed E-state index contributed by atoms with van der Waals surface area (Å²) in [5, 5.41) is 31.0. The van der Waals surface area contributed by atoms with E-state index < -0.39 is 0 Å². The summed E-state index contributed by atoms with van der Waals surface area (Å²) in [4.78, 5) is 0.809. The van der Waals surface area contributed by atoms with Gasteiger partial charge in [0.2, 0.25) is 5.16 Å². The molecular formula is C14H15N5OS. The van der Waals surface area contributed by atoms with Gasteiger partial charge < -0.3 is 5.11 Å². The van der Waals surface area contributed by atoms with Crippen molar-refractivity contribution in [2.24, 2.45) is 0 Å². The maximum atomic E-state index is 9.24. The summed E-state index contributed by atoms with van der Waals surface area (Å²) in [5.41, 5.74) is 1.26. The molecule has 0 amide bonds. The Bertz CT molecular complexity index is 672. The van der Waals surface area contributed by atoms with Gasteiger partial charge in [0.15, 0.2) is 0 Å². The summed E-state index contributed by atoms with van der Waals surface area (Å²) in [5.74, 6) is 0. The SMILES string of the molecule is N#Cc1cc(CO)ccc1Sc1nnnn1C1CCCC1. The van der Waals surface area contributed by atoms with Gasteiger partial charge in [-0.2, -0.15) is 5.26 Å². The molecule has 108 valence electrons. The third-order valence-corrected chi connectivity index (χ3v) is 4.71. The second kappa shape index (κ2) is 6.24. The molecule has 3 rings (SSSR count). The maximum Gasteiger partial charge on any atom is 0.214 e. The Morgan fingerprint density at radius 1 is 1.38 bits per heavy atom. The number of tetrazole rings is 1. The highest BCUT2D eigenvalue weighted by Crippen LogP contribution is 2.34. The third-order valence-electron chi connectivity index (χ3n) is 3.68. The first-order chi connectivity index (χ1) is 10.3. The second-order valence-corrected chi connectivity index (χ2v) is 6.06. The van der Waals surface area contributed by atoms with E-state index in [0.29, 0.717) is 11.6 Å². The van der Waals surface area contributed by atoms with Crippen LogP contribution < -0.4 is 0 Å². The molecule has 2 aromatic rings. The normalized spacial score (nSPS) is 15.2. The molecule has 0 bridgehead atoms. The lowest BCUT2D eigenvalue weighted by molar-refractivity contribution is 0.281. The zero-order valence-corrected chi connectivity index (χ0v) is 12.3. The molecule has 1 saturated carbocycles. The minimum Gasteiger partial charge on any atom is -0.392 e. The predicted octanol–water partition coefficient (Wildman–Crippen LogP) is 2.30. The van der Waals surface area contributed by atoms with Crippen molar-refractivity contribution in [2.75, 3.05) is 0 Å². The van der Waals surface area contributed by atoms with Crippen molar-refractivity contribution in [3.05, 3.63) is 29.3 Å². The van der Waals surface area contributed by atoms with Crippen molar-refractivity contribution in [1.29, 1.82) is 5.26 Å². The maximum absolute atomic E-state index is 9.24. The summed E-state index contributed by atoms with van der Waals surface area (Å²) >= 11 is 1.40. The molecule has 0 saturated heterocycles. The first kappa shape index (κ1) is 14.0. The topological polar surface area (TPSA) is 87.6 Å². The highest BCUT2D eigenvalue weighted by atomic mass is 32.2. The van der Waals surface area contributed by atoms with Gasteiger partial charge in [-0.25, -0.2) is 4.68 Å². The Balaban J connectivity index is 1.87. The molecule has 1 heterocycles. The molecule has 1 aromatic carbocycles. The molecular weight excluding hydrogens is 286 g/mol. The van der Waals surface area contributed by atoms with E-state index >= 15 is 0 Å². The molecule has 1 fully saturated rings. The number of hydrogen-bond donors (Lipinski definition) is 1. The van der Waals surface area contributed by atoms with Gasteiger partial charge >= 0.3 is 0 Å². The van der Waals surface area contributed by atoms with Gasteiger partial charge in [0.25, 0.3) is 0 Å². The number of nitrogens with zero attached hydrogens (tertiary/aromatic N) is 5. The van der Waals surface area contributed by atoms with Crippen molar-refractivity contribution >= 4 is 11.8 Å². The van der Waals surface area contributed by atoms with Crippen molar-refractivity contribution in [1.82, 2.24) is 20.2 Å². The van der Waals surface area contributed by atoms with Crippen LogP contribution in [0.1, 0.15) is 42.9 Å². The Kier molecular flexibility index (Phi) is 4.18. The van der Waals surface area contributed by atoms with E-state index in [9.17, 15) is 5.26 Å². The smallest absolute Gasteiger partial charge is 0.214 e. The van der Waals surface area contributed by atoms with Crippen LogP contribution in [0.15, 0.2) is 28.3 Å². The van der Waals surface area contributed by atoms with Gasteiger partial charge in [-0.05, 0) is 52.7 Å². The lowest BCUT2D eigenvalue weighted by Gasteiger charge is -2.11. The predicted molar refractivity (Wildman–Crippen MR) is 76.5 cm³/mol. The van der Waals surface area contributed by atoms with Crippen molar-refractivity contribution < 1.29 is 5.11 Å². The number of hydrogen-bond acceptors (Lipinski definition) is 6. The molecule has 1 aliphatic carbocycles. The molecule has 1 aliphatic rings. The zero-order valence-electron chi connectivity index (χ0n) is 11.4. The Hall–Kier alpha value is -1.91. The molecule has 0 spiro atoms. The first-order valence-electron chi connectivity index (χ1n) is 6.91. The Labute approximate surface area is 126 Å². The summed E-state index contributed by atoms with van der Waals surface area (Å²) in [6, 6.07) is 7.88. The highest BCUT2D eigenvalue weighted by molar-refractivity contribution is 7.99. The largest absolute Gasteiger partial charge is 0.392 e. The van der Waals surface area contributed by atoms with Gasteiger partial charge in [0, 0.05) is 4.90 Å². The second-order valence-electron chi connectivity index (χ2n) is 5.05. The molecule has 6 nitrogen and oxygen atoms in total. The van der Waals surface area contributed by atoms with Crippen LogP contribution in [0.25, 0.3) is 0 Å². The molecule has 0 atom stereocenters. The average molecular weight is 301 g/mol. The van der Waals surface area contributed by atoms with Crippen LogP contribution in [0.5, 0.6) is 0 Å². The summed E-state index contributed by atoms with van der Waals surface area (Å²) in [6.07, 6.45) is 4.63. The van der Waals surface area contributed by atoms with Crippen molar-refractivity contribution in [3.63, 3.8) is 0 Å². The molecule has 0 aliphatic heterocycles. The molecule has 1 N–H and O–H groups in total. The van der Waals surface area contributed by atoms with Crippen LogP contribution >= 0.6 is 11.8 Å². The van der Waals surface area contributed by atoms with Gasteiger partial charge in [-0.3, -0.25) is 0 Å². The minimum absolute atomic E-state index is 0.0700. The number of aliphatic hydroxyl groups excluding tert-OH is 1. The fourth-order valence-electron chi connectivity index (χ4n) is 2.58. The quantitative estimate of drug-likeness (QED) is 0.932. The minimum atomic E-state index is -0.0700. The van der Waals surface area contributed by atoms with Crippen LogP contribution in [0.2, 0.25) is 0 Å². The number of rotatable bonds is 4. The van der Waals surface area contributed by atoms with E-state index in [2.05, 4.69) is 21.6 Å². The Morgan fingerprint density at radius 2 is 2.19 bits per heavy atom. The third kappa shape index (κ3) is 2.91. The lowest BCUT2D eigenvalue weighted by atomic mass is 10.1. The summed E-state index contributed by atoms with van der Waals surface area (Å²) in [6.45, 7) is -0.0700. The zero-order chi connectivity index (χ0) is 14.7. The fraction of sp³-hybridized carbons (Fsp3) is 0.429. The van der Waals surface area contributed by atoms with Gasteiger partial charge in [-0.1, -0.05) is 18.9 Å². The van der Waals surface area contributed by atoms with Crippen LogP contribution in [-0.4, -0.2) is 25.3 Å². The van der Waals surface area contributed by atoms with Crippen LogP contribution in [0.3, 0.4) is 0 Å².